The number of halogens is 1. The van der Waals surface area contributed by atoms with Gasteiger partial charge in [0.1, 0.15) is 5.75 Å². The van der Waals surface area contributed by atoms with Gasteiger partial charge in [-0.1, -0.05) is 31.2 Å². The van der Waals surface area contributed by atoms with Crippen LogP contribution in [-0.4, -0.2) is 40.9 Å². The van der Waals surface area contributed by atoms with E-state index in [2.05, 4.69) is 28.6 Å². The van der Waals surface area contributed by atoms with Crippen molar-refractivity contribution >= 4 is 29.9 Å². The second kappa shape index (κ2) is 12.3. The third kappa shape index (κ3) is 6.47. The van der Waals surface area contributed by atoms with Gasteiger partial charge in [-0.15, -0.1) is 24.0 Å². The summed E-state index contributed by atoms with van der Waals surface area (Å²) in [6.07, 6.45) is 0. The van der Waals surface area contributed by atoms with Gasteiger partial charge in [0.25, 0.3) is 0 Å². The van der Waals surface area contributed by atoms with Crippen LogP contribution in [0.2, 0.25) is 0 Å². The second-order valence-electron chi connectivity index (χ2n) is 6.14. The fraction of sp³-hybridized carbons (Fsp3) is 0.381. The zero-order valence-electron chi connectivity index (χ0n) is 17.1. The van der Waals surface area contributed by atoms with Crippen LogP contribution in [0.15, 0.2) is 47.5 Å². The van der Waals surface area contributed by atoms with E-state index in [-0.39, 0.29) is 29.9 Å². The SMILES string of the molecule is CN=C(NCc1ccc(OC)c(OC)c1)NCC(C)c1ccccc1OC.I. The molecule has 0 heterocycles. The van der Waals surface area contributed by atoms with E-state index in [0.29, 0.717) is 12.3 Å². The molecule has 0 saturated heterocycles. The van der Waals surface area contributed by atoms with E-state index < -0.39 is 0 Å². The Morgan fingerprint density at radius 3 is 2.25 bits per heavy atom. The Bertz CT molecular complexity index is 768. The maximum absolute atomic E-state index is 5.45. The molecule has 0 radical (unpaired) electrons. The number of hydrogen-bond donors (Lipinski definition) is 2. The first-order chi connectivity index (χ1) is 13.1. The quantitative estimate of drug-likeness (QED) is 0.329. The average molecular weight is 499 g/mol. The van der Waals surface area contributed by atoms with Gasteiger partial charge in [-0.2, -0.15) is 0 Å². The maximum Gasteiger partial charge on any atom is 0.191 e. The van der Waals surface area contributed by atoms with Crippen LogP contribution in [0, 0.1) is 0 Å². The summed E-state index contributed by atoms with van der Waals surface area (Å²) in [5.74, 6) is 3.35. The average Bonchev–Trinajstić information content (AvgIpc) is 2.73. The fourth-order valence-electron chi connectivity index (χ4n) is 2.83. The first-order valence-corrected chi connectivity index (χ1v) is 8.91. The predicted octanol–water partition coefficient (Wildman–Crippen LogP) is 3.80. The lowest BCUT2D eigenvalue weighted by Gasteiger charge is -2.18. The zero-order valence-corrected chi connectivity index (χ0v) is 19.4. The topological polar surface area (TPSA) is 64.1 Å². The molecular formula is C21H30IN3O3. The Hall–Kier alpha value is -2.16. The monoisotopic (exact) mass is 499 g/mol. The van der Waals surface area contributed by atoms with Gasteiger partial charge in [-0.05, 0) is 29.3 Å². The predicted molar refractivity (Wildman–Crippen MR) is 125 cm³/mol. The summed E-state index contributed by atoms with van der Waals surface area (Å²) in [6, 6.07) is 13.9. The first-order valence-electron chi connectivity index (χ1n) is 8.91. The number of rotatable bonds is 8. The Morgan fingerprint density at radius 1 is 0.929 bits per heavy atom. The molecular weight excluding hydrogens is 469 g/mol. The van der Waals surface area contributed by atoms with Gasteiger partial charge in [0, 0.05) is 26.1 Å². The Labute approximate surface area is 184 Å². The van der Waals surface area contributed by atoms with Gasteiger partial charge in [0.2, 0.25) is 0 Å². The third-order valence-corrected chi connectivity index (χ3v) is 4.38. The molecule has 2 N–H and O–H groups in total. The third-order valence-electron chi connectivity index (χ3n) is 4.38. The van der Waals surface area contributed by atoms with E-state index >= 15 is 0 Å². The summed E-state index contributed by atoms with van der Waals surface area (Å²) in [7, 11) is 6.72. The molecule has 0 aromatic heterocycles. The minimum Gasteiger partial charge on any atom is -0.496 e. The molecule has 2 aromatic carbocycles. The molecule has 0 amide bonds. The van der Waals surface area contributed by atoms with Gasteiger partial charge in [0.15, 0.2) is 17.5 Å². The highest BCUT2D eigenvalue weighted by molar-refractivity contribution is 14.0. The Balaban J connectivity index is 0.00000392. The summed E-state index contributed by atoms with van der Waals surface area (Å²) >= 11 is 0. The van der Waals surface area contributed by atoms with E-state index in [4.69, 9.17) is 14.2 Å². The van der Waals surface area contributed by atoms with Gasteiger partial charge >= 0.3 is 0 Å². The van der Waals surface area contributed by atoms with Crippen molar-refractivity contribution in [3.05, 3.63) is 53.6 Å². The van der Waals surface area contributed by atoms with Crippen molar-refractivity contribution in [3.63, 3.8) is 0 Å². The molecule has 1 unspecified atom stereocenters. The molecule has 7 heteroatoms. The normalized spacial score (nSPS) is 11.8. The van der Waals surface area contributed by atoms with Crippen LogP contribution in [-0.2, 0) is 6.54 Å². The standard InChI is InChI=1S/C21H29N3O3.HI/c1-15(17-8-6-7-9-18(17)25-3)13-23-21(22-2)24-14-16-10-11-19(26-4)20(12-16)27-5;/h6-12,15H,13-14H2,1-5H3,(H2,22,23,24);1H. The summed E-state index contributed by atoms with van der Waals surface area (Å²) in [5, 5.41) is 6.69. The smallest absolute Gasteiger partial charge is 0.191 e. The number of nitrogens with one attached hydrogen (secondary N) is 2. The van der Waals surface area contributed by atoms with Crippen molar-refractivity contribution in [1.29, 1.82) is 0 Å². The highest BCUT2D eigenvalue weighted by Gasteiger charge is 2.11. The molecule has 1 atom stereocenters. The van der Waals surface area contributed by atoms with Crippen molar-refractivity contribution in [1.82, 2.24) is 10.6 Å². The molecule has 6 nitrogen and oxygen atoms in total. The first kappa shape index (κ1) is 23.9. The van der Waals surface area contributed by atoms with Crippen LogP contribution >= 0.6 is 24.0 Å². The molecule has 0 spiro atoms. The molecule has 0 aliphatic carbocycles. The van der Waals surface area contributed by atoms with Crippen LogP contribution < -0.4 is 24.8 Å². The van der Waals surface area contributed by atoms with Crippen molar-refractivity contribution in [2.24, 2.45) is 4.99 Å². The van der Waals surface area contributed by atoms with Gasteiger partial charge in [-0.3, -0.25) is 4.99 Å². The molecule has 0 fully saturated rings. The number of guanidine groups is 1. The fourth-order valence-corrected chi connectivity index (χ4v) is 2.83. The van der Waals surface area contributed by atoms with Crippen molar-refractivity contribution in [2.45, 2.75) is 19.4 Å². The van der Waals surface area contributed by atoms with E-state index in [1.165, 1.54) is 5.56 Å². The van der Waals surface area contributed by atoms with Crippen LogP contribution in [0.5, 0.6) is 17.2 Å². The number of aliphatic imine (C=N–C) groups is 1. The van der Waals surface area contributed by atoms with Gasteiger partial charge in [-0.25, -0.2) is 0 Å². The van der Waals surface area contributed by atoms with E-state index in [0.717, 1.165) is 29.6 Å². The Kier molecular flexibility index (Phi) is 10.5. The minimum absolute atomic E-state index is 0. The molecule has 2 aromatic rings. The zero-order chi connectivity index (χ0) is 19.6. The largest absolute Gasteiger partial charge is 0.496 e. The van der Waals surface area contributed by atoms with Gasteiger partial charge < -0.3 is 24.8 Å². The van der Waals surface area contributed by atoms with Crippen LogP contribution in [0.3, 0.4) is 0 Å². The minimum atomic E-state index is 0. The lowest BCUT2D eigenvalue weighted by molar-refractivity contribution is 0.354. The summed E-state index contributed by atoms with van der Waals surface area (Å²) in [4.78, 5) is 4.29. The van der Waals surface area contributed by atoms with Crippen molar-refractivity contribution in [2.75, 3.05) is 34.9 Å². The summed E-state index contributed by atoms with van der Waals surface area (Å²) in [6.45, 7) is 3.53. The second-order valence-corrected chi connectivity index (χ2v) is 6.14. The van der Waals surface area contributed by atoms with Crippen LogP contribution in [0.25, 0.3) is 0 Å². The maximum atomic E-state index is 5.45. The molecule has 0 saturated carbocycles. The number of methoxy groups -OCH3 is 3. The molecule has 154 valence electrons. The lowest BCUT2D eigenvalue weighted by Crippen LogP contribution is -2.38. The number of hydrogen-bond acceptors (Lipinski definition) is 4. The number of nitrogens with zero attached hydrogens (tertiary/aromatic N) is 1. The molecule has 2 rings (SSSR count). The number of para-hydroxylation sites is 1. The molecule has 28 heavy (non-hydrogen) atoms. The summed E-state index contributed by atoms with van der Waals surface area (Å²) < 4.78 is 16.1. The highest BCUT2D eigenvalue weighted by atomic mass is 127. The lowest BCUT2D eigenvalue weighted by atomic mass is 10.0. The molecule has 0 bridgehead atoms. The van der Waals surface area contributed by atoms with E-state index in [1.807, 2.05) is 36.4 Å². The Morgan fingerprint density at radius 2 is 1.61 bits per heavy atom. The number of benzene rings is 2. The van der Waals surface area contributed by atoms with Crippen molar-refractivity contribution in [3.8, 4) is 17.2 Å². The molecule has 0 aliphatic heterocycles. The van der Waals surface area contributed by atoms with E-state index in [1.54, 1.807) is 28.4 Å². The van der Waals surface area contributed by atoms with Crippen LogP contribution in [0.4, 0.5) is 0 Å². The highest BCUT2D eigenvalue weighted by Crippen LogP contribution is 2.27. The van der Waals surface area contributed by atoms with E-state index in [9.17, 15) is 0 Å². The number of ether oxygens (including phenoxy) is 3. The molecule has 0 aliphatic rings. The van der Waals surface area contributed by atoms with Crippen molar-refractivity contribution < 1.29 is 14.2 Å². The summed E-state index contributed by atoms with van der Waals surface area (Å²) in [5.41, 5.74) is 2.25. The van der Waals surface area contributed by atoms with Gasteiger partial charge in [0.05, 0.1) is 21.3 Å². The van der Waals surface area contributed by atoms with Crippen LogP contribution in [0.1, 0.15) is 24.0 Å².